The molecule has 0 N–H and O–H groups in total. The molecule has 0 radical (unpaired) electrons. The molecule has 0 bridgehead atoms. The van der Waals surface area contributed by atoms with Gasteiger partial charge in [-0.25, -0.2) is 0 Å². The standard InChI is InChI=1S/C103H101BN4/c1-99(2,3)62-67-44-50-90-84(52-67)78-40-28-30-42-88(78)105(90)76-46-48-86-94(58-76)107(92-60-80(70-32-20-16-21-33-70)74(65-102(10,11)12)56-82(92)72-36-24-18-25-37-72)96-54-69(64-101(7,8)9)55-97-98(96)104(86)87-49-47-77(106-89-43-31-29-41-79(89)85-53-68(45-51-91(85)106)63-100(4,5)6)59-95(87)108(97)93-61-81(71-34-22-17-23-35-71)75(66-103(13,14)15)57-83(93)73-38-26-19-27-39-73/h16-61H,62-66H2,1-15H3/i28D,29D,30D,31D,40D,41D,42D,43D,62D2,63D2,65D2,66D2. The van der Waals surface area contributed by atoms with E-state index in [1.165, 1.54) is 0 Å². The maximum atomic E-state index is 10.4. The number of anilines is 6. The number of benzene rings is 13. The Morgan fingerprint density at radius 2 is 0.657 bits per heavy atom. The van der Waals surface area contributed by atoms with Crippen LogP contribution in [0.15, 0.2) is 279 Å². The highest BCUT2D eigenvalue weighted by molar-refractivity contribution is 7.00. The van der Waals surface area contributed by atoms with Crippen molar-refractivity contribution in [1.82, 2.24) is 9.13 Å². The van der Waals surface area contributed by atoms with E-state index >= 15 is 0 Å². The Balaban J connectivity index is 1.09. The second kappa shape index (κ2) is 26.5. The van der Waals surface area contributed by atoms with Crippen LogP contribution in [0.4, 0.5) is 34.1 Å². The van der Waals surface area contributed by atoms with Crippen LogP contribution < -0.4 is 26.2 Å². The van der Waals surface area contributed by atoms with Crippen LogP contribution in [0.5, 0.6) is 0 Å². The van der Waals surface area contributed by atoms with Gasteiger partial charge < -0.3 is 18.9 Å². The Kier molecular flexibility index (Phi) is 13.2. The van der Waals surface area contributed by atoms with Gasteiger partial charge in [-0.05, 0) is 234 Å². The van der Waals surface area contributed by atoms with Crippen LogP contribution in [-0.2, 0) is 31.9 Å². The molecule has 2 aliphatic heterocycles. The number of nitrogens with zero attached hydrogens (tertiary/aromatic N) is 4. The Morgan fingerprint density at radius 3 is 1.02 bits per heavy atom. The lowest BCUT2D eigenvalue weighted by Gasteiger charge is -2.46. The first-order valence-electron chi connectivity index (χ1n) is 45.8. The first-order valence-corrected chi connectivity index (χ1v) is 37.8. The molecule has 536 valence electrons. The van der Waals surface area contributed by atoms with Crippen LogP contribution in [0.25, 0.3) is 99.5 Å². The van der Waals surface area contributed by atoms with Crippen LogP contribution in [0.2, 0.25) is 0 Å². The molecule has 4 heterocycles. The molecule has 2 aliphatic rings. The van der Waals surface area contributed by atoms with Crippen molar-refractivity contribution >= 4 is 101 Å². The van der Waals surface area contributed by atoms with Crippen molar-refractivity contribution in [1.29, 1.82) is 0 Å². The predicted molar refractivity (Wildman–Crippen MR) is 467 cm³/mol. The lowest BCUT2D eigenvalue weighted by molar-refractivity contribution is 0.411. The lowest BCUT2D eigenvalue weighted by Crippen LogP contribution is -2.61. The molecule has 0 amide bonds. The molecule has 13 aromatic carbocycles. The van der Waals surface area contributed by atoms with Crippen LogP contribution in [-0.4, -0.2) is 15.8 Å². The molecule has 0 atom stereocenters. The minimum atomic E-state index is -1.96. The number of para-hydroxylation sites is 2. The molecule has 0 unspecified atom stereocenters. The Morgan fingerprint density at radius 1 is 0.296 bits per heavy atom. The highest BCUT2D eigenvalue weighted by atomic mass is 15.2. The summed E-state index contributed by atoms with van der Waals surface area (Å²) in [6.45, 7) is 28.5. The van der Waals surface area contributed by atoms with Gasteiger partial charge in [0, 0.05) is 77.8 Å². The molecule has 0 aliphatic carbocycles. The topological polar surface area (TPSA) is 16.3 Å². The summed E-state index contributed by atoms with van der Waals surface area (Å²) < 4.78 is 161. The van der Waals surface area contributed by atoms with E-state index in [-0.39, 0.29) is 51.4 Å². The zero-order valence-electron chi connectivity index (χ0n) is 80.5. The van der Waals surface area contributed by atoms with Crippen molar-refractivity contribution in [2.75, 3.05) is 9.80 Å². The van der Waals surface area contributed by atoms with E-state index in [4.69, 9.17) is 0 Å². The quantitative estimate of drug-likeness (QED) is 0.107. The molecular weight excluding hydrogens is 1300 g/mol. The zero-order valence-corrected chi connectivity index (χ0v) is 64.5. The zero-order chi connectivity index (χ0) is 89.1. The second-order valence-corrected chi connectivity index (χ2v) is 34.8. The van der Waals surface area contributed by atoms with Crippen LogP contribution in [0, 0.1) is 27.1 Å². The average molecular weight is 1420 g/mol. The first kappa shape index (κ1) is 53.8. The third-order valence-electron chi connectivity index (χ3n) is 20.3. The Hall–Kier alpha value is -10.9. The highest BCUT2D eigenvalue weighted by Crippen LogP contribution is 2.53. The second-order valence-electron chi connectivity index (χ2n) is 34.8. The normalized spacial score (nSPS) is 15.9. The van der Waals surface area contributed by atoms with E-state index in [1.54, 1.807) is 24.3 Å². The van der Waals surface area contributed by atoms with Crippen LogP contribution in [0.1, 0.15) is 154 Å². The largest absolute Gasteiger partial charge is 0.311 e. The highest BCUT2D eigenvalue weighted by Gasteiger charge is 2.46. The third kappa shape index (κ3) is 13.3. The predicted octanol–water partition coefficient (Wildman–Crippen LogP) is 26.6. The molecule has 0 saturated carbocycles. The molecular formula is C103H101BN4. The summed E-state index contributed by atoms with van der Waals surface area (Å²) in [4.78, 5) is 4.64. The fourth-order valence-corrected chi connectivity index (χ4v) is 16.5. The molecule has 0 spiro atoms. The molecule has 5 heteroatoms. The SMILES string of the molecule is [2H]c1c([2H])c([2H])c2c(c1[2H])c1cc(C([2H])([2H])C(C)(C)C)ccc1n2-c1ccc2c(c1)N(c1cc(-c3ccccc3)c(C([2H])([2H])C(C)(C)C)cc1-c1ccccc1)c1cc(CC(C)(C)C)cc3c1B2c1ccc(-n2c4ccc(C([2H])([2H])C(C)(C)C)cc4c4c([2H])c([2H])c([2H])c([2H])c42)cc1N3c1cc(-c2ccccc2)c(C([2H])([2H])C(C)(C)C)cc1-c1ccccc1. The van der Waals surface area contributed by atoms with E-state index in [0.717, 1.165) is 55.6 Å². The molecule has 0 saturated heterocycles. The summed E-state index contributed by atoms with van der Waals surface area (Å²) in [6, 6.07) is 73.0. The number of fused-ring (bicyclic) bond motifs is 10. The van der Waals surface area contributed by atoms with Gasteiger partial charge in [-0.1, -0.05) is 286 Å². The van der Waals surface area contributed by atoms with Crippen molar-refractivity contribution in [3.63, 3.8) is 0 Å². The maximum absolute atomic E-state index is 10.4. The van der Waals surface area contributed by atoms with Gasteiger partial charge in [-0.3, -0.25) is 0 Å². The van der Waals surface area contributed by atoms with Gasteiger partial charge in [0.05, 0.1) is 44.4 Å². The first-order chi connectivity index (χ1) is 58.1. The Labute approximate surface area is 664 Å². The molecule has 108 heavy (non-hydrogen) atoms. The molecule has 17 rings (SSSR count). The summed E-state index contributed by atoms with van der Waals surface area (Å²) in [7, 11) is 0. The monoisotopic (exact) mass is 1420 g/mol. The lowest BCUT2D eigenvalue weighted by atomic mass is 9.33. The number of hydrogen-bond donors (Lipinski definition) is 0. The van der Waals surface area contributed by atoms with E-state index < -0.39 is 78.0 Å². The minimum absolute atomic E-state index is 0.188. The molecule has 2 aromatic heterocycles. The smallest absolute Gasteiger partial charge is 0.252 e. The molecule has 15 aromatic rings. The average Bonchev–Trinajstić information content (AvgIpc) is 0.981. The van der Waals surface area contributed by atoms with E-state index in [1.807, 2.05) is 226 Å². The van der Waals surface area contributed by atoms with E-state index in [9.17, 15) is 21.9 Å². The summed E-state index contributed by atoms with van der Waals surface area (Å²) in [6.07, 6.45) is -7.21. The van der Waals surface area contributed by atoms with Gasteiger partial charge in [0.2, 0.25) is 0 Å². The third-order valence-corrected chi connectivity index (χ3v) is 20.3. The molecule has 0 fully saturated rings. The fraction of sp³-hybridized carbons (Fsp3) is 0.243. The van der Waals surface area contributed by atoms with Gasteiger partial charge >= 0.3 is 0 Å². The van der Waals surface area contributed by atoms with Crippen molar-refractivity contribution in [3.05, 3.63) is 307 Å². The number of aromatic nitrogens is 2. The summed E-state index contributed by atoms with van der Waals surface area (Å²) >= 11 is 0. The fourth-order valence-electron chi connectivity index (χ4n) is 16.5. The van der Waals surface area contributed by atoms with Crippen molar-refractivity contribution in [3.8, 4) is 55.9 Å². The summed E-state index contributed by atoms with van der Waals surface area (Å²) in [5, 5.41) is 1.31. The van der Waals surface area contributed by atoms with Gasteiger partial charge in [0.15, 0.2) is 0 Å². The van der Waals surface area contributed by atoms with Crippen molar-refractivity contribution in [2.45, 2.75) is 136 Å². The van der Waals surface area contributed by atoms with Gasteiger partial charge in [-0.15, -0.1) is 0 Å². The van der Waals surface area contributed by atoms with E-state index in [0.29, 0.717) is 107 Å². The summed E-state index contributed by atoms with van der Waals surface area (Å²) in [5.41, 5.74) is 13.4. The Bertz CT molecular complexity index is 6500. The summed E-state index contributed by atoms with van der Waals surface area (Å²) in [5.74, 6) is 0. The van der Waals surface area contributed by atoms with E-state index in [2.05, 4.69) is 103 Å². The number of rotatable bonds is 13. The van der Waals surface area contributed by atoms with Gasteiger partial charge in [-0.2, -0.15) is 0 Å². The molecule has 4 nitrogen and oxygen atoms in total. The maximum Gasteiger partial charge on any atom is 0.252 e. The van der Waals surface area contributed by atoms with Crippen molar-refractivity contribution in [2.24, 2.45) is 27.1 Å². The number of hydrogen-bond acceptors (Lipinski definition) is 2. The van der Waals surface area contributed by atoms with Crippen LogP contribution in [0.3, 0.4) is 0 Å². The van der Waals surface area contributed by atoms with Gasteiger partial charge in [0.1, 0.15) is 0 Å². The minimum Gasteiger partial charge on any atom is -0.311 e. The van der Waals surface area contributed by atoms with Crippen LogP contribution >= 0.6 is 0 Å². The van der Waals surface area contributed by atoms with Crippen molar-refractivity contribution < 1.29 is 21.9 Å². The van der Waals surface area contributed by atoms with Gasteiger partial charge in [0.25, 0.3) is 6.71 Å².